The van der Waals surface area contributed by atoms with Crippen molar-refractivity contribution in [3.63, 3.8) is 0 Å². The average Bonchev–Trinajstić information content (AvgIpc) is 2.44. The quantitative estimate of drug-likeness (QED) is 0.712. The van der Waals surface area contributed by atoms with E-state index in [0.29, 0.717) is 0 Å². The average molecular weight is 278 g/mol. The first-order chi connectivity index (χ1) is 9.62. The second-order valence-electron chi connectivity index (χ2n) is 5.42. The molecule has 0 aliphatic carbocycles. The molecule has 1 unspecified atom stereocenters. The van der Waals surface area contributed by atoms with Gasteiger partial charge in [-0.25, -0.2) is 9.97 Å². The minimum Gasteiger partial charge on any atom is -0.370 e. The summed E-state index contributed by atoms with van der Waals surface area (Å²) in [5.41, 5.74) is 1.11. The van der Waals surface area contributed by atoms with Crippen LogP contribution in [-0.4, -0.2) is 23.1 Å². The summed E-state index contributed by atoms with van der Waals surface area (Å²) in [7, 11) is 0. The van der Waals surface area contributed by atoms with E-state index in [0.717, 1.165) is 42.0 Å². The molecule has 1 atom stereocenters. The van der Waals surface area contributed by atoms with E-state index in [1.807, 2.05) is 6.92 Å². The molecule has 20 heavy (non-hydrogen) atoms. The molecule has 0 bridgehead atoms. The van der Waals surface area contributed by atoms with Crippen LogP contribution in [0.1, 0.15) is 57.8 Å². The van der Waals surface area contributed by atoms with Crippen LogP contribution in [-0.2, 0) is 0 Å². The molecule has 2 N–H and O–H groups in total. The molecular formula is C16H30N4. The van der Waals surface area contributed by atoms with Crippen molar-refractivity contribution >= 4 is 11.6 Å². The Balaban J connectivity index is 2.71. The van der Waals surface area contributed by atoms with Crippen molar-refractivity contribution in [2.24, 2.45) is 5.92 Å². The fourth-order valence-electron chi connectivity index (χ4n) is 2.32. The fraction of sp³-hybridized carbons (Fsp3) is 0.750. The molecule has 0 spiro atoms. The second-order valence-corrected chi connectivity index (χ2v) is 5.42. The van der Waals surface area contributed by atoms with E-state index in [4.69, 9.17) is 0 Å². The second kappa shape index (κ2) is 8.77. The molecule has 0 amide bonds. The molecule has 1 rings (SSSR count). The molecule has 114 valence electrons. The maximum atomic E-state index is 4.54. The van der Waals surface area contributed by atoms with Crippen LogP contribution in [0.2, 0.25) is 0 Å². The van der Waals surface area contributed by atoms with Crippen LogP contribution in [0.15, 0.2) is 0 Å². The normalized spacial score (nSPS) is 12.2. The van der Waals surface area contributed by atoms with Gasteiger partial charge in [-0.15, -0.1) is 0 Å². The first kappa shape index (κ1) is 16.7. The van der Waals surface area contributed by atoms with E-state index in [-0.39, 0.29) is 0 Å². The number of nitrogens with one attached hydrogen (secondary N) is 2. The first-order valence-corrected chi connectivity index (χ1v) is 7.95. The smallest absolute Gasteiger partial charge is 0.134 e. The molecule has 0 aliphatic heterocycles. The van der Waals surface area contributed by atoms with Crippen LogP contribution in [0.3, 0.4) is 0 Å². The Labute approximate surface area is 123 Å². The molecule has 0 saturated carbocycles. The molecule has 0 aliphatic rings. The highest BCUT2D eigenvalue weighted by Crippen LogP contribution is 2.21. The maximum absolute atomic E-state index is 4.54. The molecule has 4 heteroatoms. The van der Waals surface area contributed by atoms with E-state index >= 15 is 0 Å². The number of nitrogens with zero attached hydrogens (tertiary/aromatic N) is 2. The molecule has 0 aromatic carbocycles. The lowest BCUT2D eigenvalue weighted by molar-refractivity contribution is 0.472. The number of hydrogen-bond donors (Lipinski definition) is 2. The SMILES string of the molecule is CCCCC(CC)CNc1nc(C)nc(NCC)c1C. The van der Waals surface area contributed by atoms with Crippen LogP contribution >= 0.6 is 0 Å². The van der Waals surface area contributed by atoms with Crippen LogP contribution in [0.5, 0.6) is 0 Å². The minimum atomic E-state index is 0.729. The molecule has 1 aromatic rings. The fourth-order valence-corrected chi connectivity index (χ4v) is 2.32. The van der Waals surface area contributed by atoms with Gasteiger partial charge < -0.3 is 10.6 Å². The summed E-state index contributed by atoms with van der Waals surface area (Å²) in [6.45, 7) is 12.5. The number of unbranched alkanes of at least 4 members (excludes halogenated alkanes) is 1. The Morgan fingerprint density at radius 1 is 1.00 bits per heavy atom. The zero-order valence-electron chi connectivity index (χ0n) is 13.7. The molecule has 1 heterocycles. The van der Waals surface area contributed by atoms with Gasteiger partial charge in [-0.3, -0.25) is 0 Å². The lowest BCUT2D eigenvalue weighted by atomic mass is 9.99. The van der Waals surface area contributed by atoms with Crippen molar-refractivity contribution in [3.05, 3.63) is 11.4 Å². The number of aromatic nitrogens is 2. The lowest BCUT2D eigenvalue weighted by Crippen LogP contribution is -2.16. The Morgan fingerprint density at radius 3 is 2.20 bits per heavy atom. The van der Waals surface area contributed by atoms with Gasteiger partial charge >= 0.3 is 0 Å². The number of aryl methyl sites for hydroxylation is 1. The predicted octanol–water partition coefficient (Wildman–Crippen LogP) is 4.15. The highest BCUT2D eigenvalue weighted by molar-refractivity contribution is 5.57. The van der Waals surface area contributed by atoms with Crippen molar-refractivity contribution in [1.82, 2.24) is 9.97 Å². The molecule has 1 aromatic heterocycles. The Bertz CT molecular complexity index is 404. The third-order valence-corrected chi connectivity index (χ3v) is 3.70. The summed E-state index contributed by atoms with van der Waals surface area (Å²) in [4.78, 5) is 9.00. The standard InChI is InChI=1S/C16H30N4/c1-6-9-10-14(7-2)11-18-16-12(4)15(17-8-3)19-13(5)20-16/h14H,6-11H2,1-5H3,(H2,17,18,19,20). The van der Waals surface area contributed by atoms with E-state index in [2.05, 4.69) is 48.3 Å². The molecule has 4 nitrogen and oxygen atoms in total. The largest absolute Gasteiger partial charge is 0.370 e. The zero-order chi connectivity index (χ0) is 15.0. The van der Waals surface area contributed by atoms with Gasteiger partial charge in [0.1, 0.15) is 17.5 Å². The third kappa shape index (κ3) is 4.99. The van der Waals surface area contributed by atoms with Gasteiger partial charge in [0.05, 0.1) is 0 Å². The van der Waals surface area contributed by atoms with Gasteiger partial charge in [0.25, 0.3) is 0 Å². The molecule has 0 fully saturated rings. The van der Waals surface area contributed by atoms with Gasteiger partial charge in [0.15, 0.2) is 0 Å². The van der Waals surface area contributed by atoms with Crippen LogP contribution in [0.4, 0.5) is 11.6 Å². The third-order valence-electron chi connectivity index (χ3n) is 3.70. The van der Waals surface area contributed by atoms with Gasteiger partial charge in [-0.05, 0) is 33.1 Å². The van der Waals surface area contributed by atoms with Crippen molar-refractivity contribution < 1.29 is 0 Å². The summed E-state index contributed by atoms with van der Waals surface area (Å²) >= 11 is 0. The predicted molar refractivity (Wildman–Crippen MR) is 87.5 cm³/mol. The van der Waals surface area contributed by atoms with Gasteiger partial charge in [-0.1, -0.05) is 33.1 Å². The van der Waals surface area contributed by atoms with E-state index in [9.17, 15) is 0 Å². The van der Waals surface area contributed by atoms with Gasteiger partial charge in [0.2, 0.25) is 0 Å². The number of anilines is 2. The molecular weight excluding hydrogens is 248 g/mol. The highest BCUT2D eigenvalue weighted by atomic mass is 15.1. The topological polar surface area (TPSA) is 49.8 Å². The van der Waals surface area contributed by atoms with Crippen LogP contribution < -0.4 is 10.6 Å². The lowest BCUT2D eigenvalue weighted by Gasteiger charge is -2.18. The van der Waals surface area contributed by atoms with Crippen molar-refractivity contribution in [2.45, 2.75) is 60.3 Å². The Morgan fingerprint density at radius 2 is 1.65 bits per heavy atom. The monoisotopic (exact) mass is 278 g/mol. The minimum absolute atomic E-state index is 0.729. The summed E-state index contributed by atoms with van der Waals surface area (Å²) in [6.07, 6.45) is 5.09. The summed E-state index contributed by atoms with van der Waals surface area (Å²) < 4.78 is 0. The Hall–Kier alpha value is -1.32. The van der Waals surface area contributed by atoms with Crippen LogP contribution in [0.25, 0.3) is 0 Å². The zero-order valence-corrected chi connectivity index (χ0v) is 13.7. The van der Waals surface area contributed by atoms with E-state index in [1.165, 1.54) is 25.7 Å². The highest BCUT2D eigenvalue weighted by Gasteiger charge is 2.11. The summed E-state index contributed by atoms with van der Waals surface area (Å²) in [5, 5.41) is 6.82. The van der Waals surface area contributed by atoms with Crippen LogP contribution in [0, 0.1) is 19.8 Å². The van der Waals surface area contributed by atoms with Crippen molar-refractivity contribution in [2.75, 3.05) is 23.7 Å². The maximum Gasteiger partial charge on any atom is 0.134 e. The summed E-state index contributed by atoms with van der Waals surface area (Å²) in [5.74, 6) is 3.47. The molecule has 0 radical (unpaired) electrons. The summed E-state index contributed by atoms with van der Waals surface area (Å²) in [6, 6.07) is 0. The Kier molecular flexibility index (Phi) is 7.34. The van der Waals surface area contributed by atoms with Gasteiger partial charge in [0, 0.05) is 18.7 Å². The van der Waals surface area contributed by atoms with E-state index < -0.39 is 0 Å². The number of hydrogen-bond acceptors (Lipinski definition) is 4. The van der Waals surface area contributed by atoms with Crippen molar-refractivity contribution in [1.29, 1.82) is 0 Å². The number of rotatable bonds is 9. The van der Waals surface area contributed by atoms with E-state index in [1.54, 1.807) is 0 Å². The van der Waals surface area contributed by atoms with Crippen molar-refractivity contribution in [3.8, 4) is 0 Å². The first-order valence-electron chi connectivity index (χ1n) is 7.95. The molecule has 0 saturated heterocycles. The van der Waals surface area contributed by atoms with Gasteiger partial charge in [-0.2, -0.15) is 0 Å².